The molecule has 1 saturated carbocycles. The number of nitrogens with zero attached hydrogens (tertiary/aromatic N) is 1. The number of nitrogens with one attached hydrogen (secondary N) is 2. The molecule has 3 aliphatic rings. The molecule has 4 atom stereocenters. The molecule has 5 rings (SSSR count). The molecule has 1 aliphatic carbocycles. The van der Waals surface area contributed by atoms with Crippen molar-refractivity contribution in [3.05, 3.63) is 63.6 Å². The van der Waals surface area contributed by atoms with Crippen LogP contribution in [0.25, 0.3) is 0 Å². The van der Waals surface area contributed by atoms with Gasteiger partial charge >= 0.3 is 0 Å². The molecular formula is C32H44BrN3O2. The van der Waals surface area contributed by atoms with E-state index in [1.54, 1.807) is 7.11 Å². The Labute approximate surface area is 237 Å². The van der Waals surface area contributed by atoms with Gasteiger partial charge in [-0.2, -0.15) is 0 Å². The van der Waals surface area contributed by atoms with Gasteiger partial charge in [-0.25, -0.2) is 0 Å². The smallest absolute Gasteiger partial charge is 0.228 e. The third kappa shape index (κ3) is 5.29. The Bertz CT molecular complexity index is 1100. The van der Waals surface area contributed by atoms with Crippen molar-refractivity contribution in [1.29, 1.82) is 0 Å². The van der Waals surface area contributed by atoms with Gasteiger partial charge in [0.15, 0.2) is 0 Å². The second kappa shape index (κ2) is 12.1. The van der Waals surface area contributed by atoms with Gasteiger partial charge in [0, 0.05) is 47.7 Å². The van der Waals surface area contributed by atoms with Gasteiger partial charge in [-0.3, -0.25) is 4.79 Å². The van der Waals surface area contributed by atoms with Gasteiger partial charge in [0.1, 0.15) is 5.75 Å². The van der Waals surface area contributed by atoms with Gasteiger partial charge in [-0.15, -0.1) is 0 Å². The maximum Gasteiger partial charge on any atom is 0.228 e. The average Bonchev–Trinajstić information content (AvgIpc) is 3.35. The maximum absolute atomic E-state index is 14.6. The van der Waals surface area contributed by atoms with Crippen LogP contribution in [0.5, 0.6) is 5.75 Å². The highest BCUT2D eigenvalue weighted by molar-refractivity contribution is 9.10. The molecule has 0 aromatic heterocycles. The molecular weight excluding hydrogens is 538 g/mol. The van der Waals surface area contributed by atoms with Gasteiger partial charge in [0.05, 0.1) is 13.0 Å². The summed E-state index contributed by atoms with van der Waals surface area (Å²) >= 11 is 3.87. The minimum absolute atomic E-state index is 0.110. The van der Waals surface area contributed by atoms with Crippen LogP contribution in [0.1, 0.15) is 74.5 Å². The molecule has 0 radical (unpaired) electrons. The quantitative estimate of drug-likeness (QED) is 0.420. The molecule has 38 heavy (non-hydrogen) atoms. The molecule has 2 aromatic rings. The number of hydrogen-bond donors (Lipinski definition) is 2. The molecule has 4 unspecified atom stereocenters. The first-order valence-corrected chi connectivity index (χ1v) is 15.3. The molecule has 2 saturated heterocycles. The van der Waals surface area contributed by atoms with Crippen LogP contribution in [0.3, 0.4) is 0 Å². The summed E-state index contributed by atoms with van der Waals surface area (Å²) in [4.78, 5) is 17.0. The SMILES string of the molecule is CNCc1c(OC)ccc(Br)c1C1(C)CNCC1C(=O)N1CCC(c2ccccc2)CC1C1CCCCC1. The molecule has 5 nitrogen and oxygen atoms in total. The lowest BCUT2D eigenvalue weighted by molar-refractivity contribution is -0.142. The van der Waals surface area contributed by atoms with E-state index in [9.17, 15) is 4.79 Å². The molecule has 2 aromatic carbocycles. The van der Waals surface area contributed by atoms with Gasteiger partial charge in [0.25, 0.3) is 0 Å². The lowest BCUT2D eigenvalue weighted by atomic mass is 9.70. The number of halogens is 1. The molecule has 2 aliphatic heterocycles. The summed E-state index contributed by atoms with van der Waals surface area (Å²) in [6.07, 6.45) is 8.57. The standard InChI is InChI=1S/C32H44BrN3O2/c1-32(30-25(19-34-2)29(38-3)15-14-27(30)33)21-35-20-26(32)31(37)36-17-16-24(22-10-6-4-7-11-22)18-28(36)23-12-8-5-9-13-23/h4,6-7,10-11,14-15,23-24,26,28,34-35H,5,8-9,12-13,16-21H2,1-3H3. The zero-order valence-electron chi connectivity index (χ0n) is 23.3. The zero-order chi connectivity index (χ0) is 26.7. The summed E-state index contributed by atoms with van der Waals surface area (Å²) in [5, 5.41) is 6.94. The Morgan fingerprint density at radius 3 is 2.61 bits per heavy atom. The van der Waals surface area contributed by atoms with Crippen molar-refractivity contribution in [3.8, 4) is 5.75 Å². The third-order valence-corrected chi connectivity index (χ3v) is 10.3. The second-order valence-corrected chi connectivity index (χ2v) is 12.7. The molecule has 6 heteroatoms. The highest BCUT2D eigenvalue weighted by Crippen LogP contribution is 2.46. The number of amides is 1. The van der Waals surface area contributed by atoms with Gasteiger partial charge < -0.3 is 20.3 Å². The van der Waals surface area contributed by atoms with Gasteiger partial charge in [0.2, 0.25) is 5.91 Å². The van der Waals surface area contributed by atoms with Gasteiger partial charge in [-0.1, -0.05) is 72.4 Å². The Kier molecular flexibility index (Phi) is 8.81. The lowest BCUT2D eigenvalue weighted by Crippen LogP contribution is -2.54. The minimum Gasteiger partial charge on any atom is -0.496 e. The molecule has 0 bridgehead atoms. The molecule has 2 heterocycles. The van der Waals surface area contributed by atoms with Crippen LogP contribution in [0.15, 0.2) is 46.9 Å². The first-order valence-electron chi connectivity index (χ1n) is 14.5. The predicted molar refractivity (Wildman–Crippen MR) is 158 cm³/mol. The summed E-state index contributed by atoms with van der Waals surface area (Å²) < 4.78 is 6.84. The topological polar surface area (TPSA) is 53.6 Å². The summed E-state index contributed by atoms with van der Waals surface area (Å²) in [6, 6.07) is 15.4. The van der Waals surface area contributed by atoms with E-state index >= 15 is 0 Å². The van der Waals surface area contributed by atoms with Crippen molar-refractivity contribution in [1.82, 2.24) is 15.5 Å². The summed E-state index contributed by atoms with van der Waals surface area (Å²) in [5.41, 5.74) is 3.44. The summed E-state index contributed by atoms with van der Waals surface area (Å²) in [7, 11) is 3.70. The number of carbonyl (C=O) groups excluding carboxylic acids is 1. The summed E-state index contributed by atoms with van der Waals surface area (Å²) in [5.74, 6) is 2.25. The van der Waals surface area contributed by atoms with Crippen LogP contribution >= 0.6 is 15.9 Å². The molecule has 0 spiro atoms. The van der Waals surface area contributed by atoms with Crippen LogP contribution in [-0.4, -0.2) is 50.6 Å². The number of methoxy groups -OCH3 is 1. The monoisotopic (exact) mass is 581 g/mol. The summed E-state index contributed by atoms with van der Waals surface area (Å²) in [6.45, 7) is 5.32. The van der Waals surface area contributed by atoms with E-state index in [0.717, 1.165) is 41.7 Å². The Morgan fingerprint density at radius 2 is 1.89 bits per heavy atom. The van der Waals surface area contributed by atoms with Crippen molar-refractivity contribution < 1.29 is 9.53 Å². The van der Waals surface area contributed by atoms with Crippen molar-refractivity contribution in [2.24, 2.45) is 11.8 Å². The Morgan fingerprint density at radius 1 is 1.13 bits per heavy atom. The Hall–Kier alpha value is -1.89. The number of ether oxygens (including phenoxy) is 1. The Balaban J connectivity index is 1.47. The van der Waals surface area contributed by atoms with E-state index in [0.29, 0.717) is 36.9 Å². The van der Waals surface area contributed by atoms with Crippen LogP contribution in [0.4, 0.5) is 0 Å². The molecule has 206 valence electrons. The number of carbonyl (C=O) groups is 1. The minimum atomic E-state index is -0.329. The number of rotatable bonds is 7. The highest BCUT2D eigenvalue weighted by atomic mass is 79.9. The first kappa shape index (κ1) is 27.7. The van der Waals surface area contributed by atoms with Crippen LogP contribution in [0.2, 0.25) is 0 Å². The maximum atomic E-state index is 14.6. The van der Waals surface area contributed by atoms with Crippen molar-refractivity contribution in [3.63, 3.8) is 0 Å². The van der Waals surface area contributed by atoms with E-state index in [2.05, 4.69) is 74.8 Å². The van der Waals surface area contributed by atoms with Crippen molar-refractivity contribution >= 4 is 21.8 Å². The predicted octanol–water partition coefficient (Wildman–Crippen LogP) is 6.01. The van der Waals surface area contributed by atoms with E-state index in [-0.39, 0.29) is 11.3 Å². The van der Waals surface area contributed by atoms with E-state index in [1.807, 2.05) is 13.1 Å². The van der Waals surface area contributed by atoms with E-state index < -0.39 is 0 Å². The average molecular weight is 583 g/mol. The number of piperidine rings is 1. The largest absolute Gasteiger partial charge is 0.496 e. The van der Waals surface area contributed by atoms with Crippen LogP contribution in [0, 0.1) is 11.8 Å². The first-order chi connectivity index (χ1) is 18.5. The number of likely N-dealkylation sites (tertiary alicyclic amines) is 1. The lowest BCUT2D eigenvalue weighted by Gasteiger charge is -2.47. The zero-order valence-corrected chi connectivity index (χ0v) is 24.9. The van der Waals surface area contributed by atoms with Crippen LogP contribution in [-0.2, 0) is 16.8 Å². The van der Waals surface area contributed by atoms with Crippen molar-refractivity contribution in [2.75, 3.05) is 33.8 Å². The number of hydrogen-bond acceptors (Lipinski definition) is 4. The third-order valence-electron chi connectivity index (χ3n) is 9.66. The molecule has 2 N–H and O–H groups in total. The van der Waals surface area contributed by atoms with E-state index in [1.165, 1.54) is 43.2 Å². The van der Waals surface area contributed by atoms with Crippen LogP contribution < -0.4 is 15.4 Å². The fourth-order valence-corrected chi connectivity index (χ4v) is 8.50. The molecule has 3 fully saturated rings. The van der Waals surface area contributed by atoms with E-state index in [4.69, 9.17) is 4.74 Å². The molecule has 1 amide bonds. The highest BCUT2D eigenvalue weighted by Gasteiger charge is 2.50. The fraction of sp³-hybridized carbons (Fsp3) is 0.594. The second-order valence-electron chi connectivity index (χ2n) is 11.9. The normalized spacial score (nSPS) is 28.4. The van der Waals surface area contributed by atoms with Gasteiger partial charge in [-0.05, 0) is 67.8 Å². The number of benzene rings is 2. The fourth-order valence-electron chi connectivity index (χ4n) is 7.67. The van der Waals surface area contributed by atoms with Crippen molar-refractivity contribution in [2.45, 2.75) is 75.8 Å².